The quantitative estimate of drug-likeness (QED) is 0.769. The highest BCUT2D eigenvalue weighted by molar-refractivity contribution is 5.88. The molecule has 2 aromatic heterocycles. The van der Waals surface area contributed by atoms with Gasteiger partial charge in [0.1, 0.15) is 11.3 Å². The number of aromatic carboxylic acids is 2. The van der Waals surface area contributed by atoms with E-state index in [2.05, 4.69) is 4.98 Å². The second-order valence-corrected chi connectivity index (χ2v) is 4.45. The molecule has 0 saturated carbocycles. The van der Waals surface area contributed by atoms with Crippen molar-refractivity contribution in [3.63, 3.8) is 0 Å². The standard InChI is InChI=1S/C15H10N2O4/c18-14(19)10-6-4-9(5-7-10)11-8-17-12(15(20)21)2-1-3-13(17)16-11/h1-8H,(H,18,19)(H,20,21). The highest BCUT2D eigenvalue weighted by atomic mass is 16.4. The van der Waals surface area contributed by atoms with Crippen LogP contribution < -0.4 is 0 Å². The number of hydrogen-bond donors (Lipinski definition) is 2. The minimum absolute atomic E-state index is 0.119. The third-order valence-electron chi connectivity index (χ3n) is 3.14. The second-order valence-electron chi connectivity index (χ2n) is 4.45. The second kappa shape index (κ2) is 4.75. The van der Waals surface area contributed by atoms with Crippen molar-refractivity contribution in [1.29, 1.82) is 0 Å². The fraction of sp³-hybridized carbons (Fsp3) is 0. The van der Waals surface area contributed by atoms with E-state index >= 15 is 0 Å². The molecule has 0 unspecified atom stereocenters. The molecule has 0 radical (unpaired) electrons. The van der Waals surface area contributed by atoms with Crippen molar-refractivity contribution >= 4 is 17.6 Å². The fourth-order valence-electron chi connectivity index (χ4n) is 2.11. The lowest BCUT2D eigenvalue weighted by molar-refractivity contribution is 0.0681. The van der Waals surface area contributed by atoms with Crippen molar-refractivity contribution in [3.05, 3.63) is 59.9 Å². The summed E-state index contributed by atoms with van der Waals surface area (Å²) in [6.45, 7) is 0. The summed E-state index contributed by atoms with van der Waals surface area (Å²) in [4.78, 5) is 26.3. The predicted octanol–water partition coefficient (Wildman–Crippen LogP) is 2.40. The molecule has 0 aliphatic heterocycles. The molecule has 1 aromatic carbocycles. The first-order valence-electron chi connectivity index (χ1n) is 6.11. The van der Waals surface area contributed by atoms with Crippen molar-refractivity contribution < 1.29 is 19.8 Å². The van der Waals surface area contributed by atoms with Gasteiger partial charge in [0.05, 0.1) is 11.3 Å². The smallest absolute Gasteiger partial charge is 0.352 e. The van der Waals surface area contributed by atoms with Crippen molar-refractivity contribution in [2.45, 2.75) is 0 Å². The molecule has 0 bridgehead atoms. The molecule has 0 fully saturated rings. The number of pyridine rings is 1. The fourth-order valence-corrected chi connectivity index (χ4v) is 2.11. The van der Waals surface area contributed by atoms with Crippen LogP contribution in [0.1, 0.15) is 20.8 Å². The summed E-state index contributed by atoms with van der Waals surface area (Å²) >= 11 is 0. The van der Waals surface area contributed by atoms with Gasteiger partial charge >= 0.3 is 11.9 Å². The largest absolute Gasteiger partial charge is 0.478 e. The van der Waals surface area contributed by atoms with Crippen LogP contribution in [0.15, 0.2) is 48.7 Å². The van der Waals surface area contributed by atoms with Gasteiger partial charge in [0.2, 0.25) is 0 Å². The summed E-state index contributed by atoms with van der Waals surface area (Å²) in [6.07, 6.45) is 1.62. The summed E-state index contributed by atoms with van der Waals surface area (Å²) in [5.74, 6) is -2.03. The van der Waals surface area contributed by atoms with Crippen molar-refractivity contribution in [2.75, 3.05) is 0 Å². The number of imidazole rings is 1. The van der Waals surface area contributed by atoms with Crippen LogP contribution in [0.25, 0.3) is 16.9 Å². The summed E-state index contributed by atoms with van der Waals surface area (Å²) in [5.41, 5.74) is 2.13. The molecule has 0 amide bonds. The Morgan fingerprint density at radius 1 is 0.952 bits per heavy atom. The van der Waals surface area contributed by atoms with Crippen LogP contribution in [0.3, 0.4) is 0 Å². The van der Waals surface area contributed by atoms with Crippen LogP contribution in [-0.2, 0) is 0 Å². The Morgan fingerprint density at radius 3 is 2.29 bits per heavy atom. The Morgan fingerprint density at radius 2 is 1.67 bits per heavy atom. The van der Waals surface area contributed by atoms with E-state index in [1.807, 2.05) is 0 Å². The number of benzene rings is 1. The molecule has 0 aliphatic carbocycles. The number of carboxylic acid groups (broad SMARTS) is 2. The number of fused-ring (bicyclic) bond motifs is 1. The van der Waals surface area contributed by atoms with Crippen LogP contribution in [0.4, 0.5) is 0 Å². The summed E-state index contributed by atoms with van der Waals surface area (Å²) in [5, 5.41) is 18.0. The first-order chi connectivity index (χ1) is 10.1. The van der Waals surface area contributed by atoms with E-state index in [0.717, 1.165) is 5.56 Å². The Hall–Kier alpha value is -3.15. The van der Waals surface area contributed by atoms with Gasteiger partial charge in [-0.05, 0) is 24.3 Å². The Bertz CT molecular complexity index is 850. The average Bonchev–Trinajstić information content (AvgIpc) is 2.90. The van der Waals surface area contributed by atoms with Crippen molar-refractivity contribution in [1.82, 2.24) is 9.38 Å². The average molecular weight is 282 g/mol. The molecule has 2 heterocycles. The highest BCUT2D eigenvalue weighted by Crippen LogP contribution is 2.21. The SMILES string of the molecule is O=C(O)c1ccc(-c2cn3c(C(=O)O)cccc3n2)cc1. The monoisotopic (exact) mass is 282 g/mol. The van der Waals surface area contributed by atoms with Crippen LogP contribution in [0.5, 0.6) is 0 Å². The molecular weight excluding hydrogens is 272 g/mol. The maximum Gasteiger partial charge on any atom is 0.352 e. The number of carboxylic acids is 2. The highest BCUT2D eigenvalue weighted by Gasteiger charge is 2.11. The molecule has 0 atom stereocenters. The summed E-state index contributed by atoms with van der Waals surface area (Å²) in [6, 6.07) is 11.1. The molecule has 0 aliphatic rings. The van der Waals surface area contributed by atoms with Gasteiger partial charge in [-0.25, -0.2) is 14.6 Å². The zero-order chi connectivity index (χ0) is 15.0. The van der Waals surface area contributed by atoms with E-state index < -0.39 is 11.9 Å². The van der Waals surface area contributed by atoms with Gasteiger partial charge < -0.3 is 10.2 Å². The molecular formula is C15H10N2O4. The molecule has 104 valence electrons. The number of hydrogen-bond acceptors (Lipinski definition) is 3. The molecule has 21 heavy (non-hydrogen) atoms. The van der Waals surface area contributed by atoms with Gasteiger partial charge in [-0.1, -0.05) is 18.2 Å². The molecule has 6 heteroatoms. The number of carbonyl (C=O) groups is 2. The Labute approximate surface area is 118 Å². The normalized spacial score (nSPS) is 10.7. The van der Waals surface area contributed by atoms with Crippen LogP contribution in [0.2, 0.25) is 0 Å². The third kappa shape index (κ3) is 2.23. The topological polar surface area (TPSA) is 91.9 Å². The van der Waals surface area contributed by atoms with E-state index in [1.165, 1.54) is 22.6 Å². The van der Waals surface area contributed by atoms with Crippen LogP contribution >= 0.6 is 0 Å². The minimum atomic E-state index is -1.04. The minimum Gasteiger partial charge on any atom is -0.478 e. The molecule has 0 spiro atoms. The van der Waals surface area contributed by atoms with Gasteiger partial charge in [-0.15, -0.1) is 0 Å². The number of nitrogens with zero attached hydrogens (tertiary/aromatic N) is 2. The number of rotatable bonds is 3. The lowest BCUT2D eigenvalue weighted by Crippen LogP contribution is -2.03. The first-order valence-corrected chi connectivity index (χ1v) is 6.11. The molecule has 3 aromatic rings. The zero-order valence-corrected chi connectivity index (χ0v) is 10.7. The Balaban J connectivity index is 2.11. The van der Waals surface area contributed by atoms with Gasteiger partial charge in [0.15, 0.2) is 0 Å². The third-order valence-corrected chi connectivity index (χ3v) is 3.14. The van der Waals surface area contributed by atoms with Gasteiger partial charge in [0, 0.05) is 11.8 Å². The maximum atomic E-state index is 11.2. The number of aromatic nitrogens is 2. The van der Waals surface area contributed by atoms with Gasteiger partial charge in [0.25, 0.3) is 0 Å². The van der Waals surface area contributed by atoms with E-state index in [9.17, 15) is 9.59 Å². The molecule has 3 rings (SSSR count). The van der Waals surface area contributed by atoms with E-state index in [4.69, 9.17) is 10.2 Å². The first kappa shape index (κ1) is 12.9. The lowest BCUT2D eigenvalue weighted by atomic mass is 10.1. The van der Waals surface area contributed by atoms with Crippen LogP contribution in [0, 0.1) is 0 Å². The van der Waals surface area contributed by atoms with Crippen LogP contribution in [-0.4, -0.2) is 31.5 Å². The van der Waals surface area contributed by atoms with E-state index in [0.29, 0.717) is 11.3 Å². The zero-order valence-electron chi connectivity index (χ0n) is 10.7. The summed E-state index contributed by atoms with van der Waals surface area (Å²) < 4.78 is 1.49. The maximum absolute atomic E-state index is 11.2. The molecule has 0 saturated heterocycles. The van der Waals surface area contributed by atoms with E-state index in [1.54, 1.807) is 30.5 Å². The Kier molecular flexibility index (Phi) is 2.91. The molecule has 2 N–H and O–H groups in total. The summed E-state index contributed by atoms with van der Waals surface area (Å²) in [7, 11) is 0. The molecule has 6 nitrogen and oxygen atoms in total. The lowest BCUT2D eigenvalue weighted by Gasteiger charge is -1.98. The van der Waals surface area contributed by atoms with Crippen molar-refractivity contribution in [3.8, 4) is 11.3 Å². The predicted molar refractivity (Wildman–Crippen MR) is 74.5 cm³/mol. The van der Waals surface area contributed by atoms with Crippen molar-refractivity contribution in [2.24, 2.45) is 0 Å². The van der Waals surface area contributed by atoms with Gasteiger partial charge in [-0.3, -0.25) is 4.40 Å². The van der Waals surface area contributed by atoms with Gasteiger partial charge in [-0.2, -0.15) is 0 Å². The van der Waals surface area contributed by atoms with E-state index in [-0.39, 0.29) is 11.3 Å².